The molecule has 0 aromatic heterocycles. The molecule has 0 unspecified atom stereocenters. The van der Waals surface area contributed by atoms with E-state index in [4.69, 9.17) is 4.74 Å². The summed E-state index contributed by atoms with van der Waals surface area (Å²) in [6.07, 6.45) is 4.63. The van der Waals surface area contributed by atoms with Crippen molar-refractivity contribution >= 4 is 5.97 Å². The molecule has 3 nitrogen and oxygen atoms in total. The number of benzene rings is 1. The number of unbranched alkanes of at least 4 members (excludes halogenated alkanes) is 2. The highest BCUT2D eigenvalue weighted by atomic mass is 19.1. The molecule has 0 aliphatic rings. The summed E-state index contributed by atoms with van der Waals surface area (Å²) in [5, 5.41) is 3.56. The van der Waals surface area contributed by atoms with Crippen LogP contribution in [0.3, 0.4) is 0 Å². The van der Waals surface area contributed by atoms with E-state index in [0.29, 0.717) is 25.0 Å². The molecule has 23 heavy (non-hydrogen) atoms. The first-order valence-corrected chi connectivity index (χ1v) is 8.66. The number of esters is 1. The number of hydrogen-bond donors (Lipinski definition) is 1. The van der Waals surface area contributed by atoms with E-state index in [1.165, 1.54) is 12.1 Å². The minimum atomic E-state index is -0.198. The van der Waals surface area contributed by atoms with E-state index in [9.17, 15) is 9.18 Å². The van der Waals surface area contributed by atoms with Gasteiger partial charge in [-0.25, -0.2) is 4.39 Å². The largest absolute Gasteiger partial charge is 0.466 e. The first kappa shape index (κ1) is 19.6. The van der Waals surface area contributed by atoms with Crippen molar-refractivity contribution < 1.29 is 13.9 Å². The summed E-state index contributed by atoms with van der Waals surface area (Å²) >= 11 is 0. The summed E-state index contributed by atoms with van der Waals surface area (Å²) in [5.41, 5.74) is 1.10. The summed E-state index contributed by atoms with van der Waals surface area (Å²) in [4.78, 5) is 11.3. The van der Waals surface area contributed by atoms with Crippen LogP contribution in [0.2, 0.25) is 0 Å². The molecule has 0 aliphatic heterocycles. The van der Waals surface area contributed by atoms with Crippen molar-refractivity contribution in [3.63, 3.8) is 0 Å². The van der Waals surface area contributed by atoms with E-state index in [0.717, 1.165) is 37.8 Å². The lowest BCUT2D eigenvalue weighted by Crippen LogP contribution is -2.33. The first-order chi connectivity index (χ1) is 11.0. The molecule has 1 aromatic carbocycles. The molecule has 0 spiro atoms. The van der Waals surface area contributed by atoms with Crippen LogP contribution in [0, 0.1) is 11.7 Å². The third-order valence-electron chi connectivity index (χ3n) is 3.99. The van der Waals surface area contributed by atoms with Gasteiger partial charge in [0.1, 0.15) is 5.82 Å². The molecule has 1 rings (SSSR count). The fourth-order valence-corrected chi connectivity index (χ4v) is 2.57. The number of rotatable bonds is 11. The van der Waals surface area contributed by atoms with E-state index >= 15 is 0 Å². The summed E-state index contributed by atoms with van der Waals surface area (Å²) in [7, 11) is 0. The van der Waals surface area contributed by atoms with Crippen LogP contribution in [0.5, 0.6) is 0 Å². The number of carbonyl (C=O) groups excluding carboxylic acids is 1. The minimum Gasteiger partial charge on any atom is -0.466 e. The Morgan fingerprint density at radius 1 is 1.17 bits per heavy atom. The van der Waals surface area contributed by atoms with Gasteiger partial charge in [0, 0.05) is 19.0 Å². The zero-order chi connectivity index (χ0) is 17.1. The standard InChI is InChI=1S/C19H30FNO2/c1-4-23-19(22)9-7-5-6-8-18(15(2)3)21-14-16-10-12-17(20)13-11-16/h10-13,15,18,21H,4-9,14H2,1-3H3/t18-/m1/s1. The van der Waals surface area contributed by atoms with Crippen molar-refractivity contribution in [3.05, 3.63) is 35.6 Å². The average molecular weight is 323 g/mol. The Hall–Kier alpha value is -1.42. The molecular weight excluding hydrogens is 293 g/mol. The summed E-state index contributed by atoms with van der Waals surface area (Å²) < 4.78 is 17.8. The second-order valence-corrected chi connectivity index (χ2v) is 6.26. The number of nitrogens with one attached hydrogen (secondary N) is 1. The van der Waals surface area contributed by atoms with Crippen LogP contribution < -0.4 is 5.32 Å². The Morgan fingerprint density at radius 3 is 2.48 bits per heavy atom. The Kier molecular flexibility index (Phi) is 9.53. The minimum absolute atomic E-state index is 0.0951. The van der Waals surface area contributed by atoms with Crippen molar-refractivity contribution in [2.45, 2.75) is 65.5 Å². The average Bonchev–Trinajstić information content (AvgIpc) is 2.51. The highest BCUT2D eigenvalue weighted by Crippen LogP contribution is 2.13. The molecule has 0 saturated carbocycles. The second kappa shape index (κ2) is 11.2. The molecule has 0 fully saturated rings. The van der Waals surface area contributed by atoms with Crippen molar-refractivity contribution in [1.29, 1.82) is 0 Å². The number of ether oxygens (including phenoxy) is 1. The van der Waals surface area contributed by atoms with E-state index in [1.54, 1.807) is 0 Å². The summed E-state index contributed by atoms with van der Waals surface area (Å²) in [5.74, 6) is 0.249. The molecular formula is C19H30FNO2. The third kappa shape index (κ3) is 8.70. The highest BCUT2D eigenvalue weighted by molar-refractivity contribution is 5.69. The fraction of sp³-hybridized carbons (Fsp3) is 0.632. The molecule has 0 amide bonds. The molecule has 130 valence electrons. The molecule has 1 atom stereocenters. The van der Waals surface area contributed by atoms with Crippen molar-refractivity contribution in [3.8, 4) is 0 Å². The summed E-state index contributed by atoms with van der Waals surface area (Å²) in [6.45, 7) is 7.47. The summed E-state index contributed by atoms with van der Waals surface area (Å²) in [6, 6.07) is 7.06. The maximum atomic E-state index is 12.9. The highest BCUT2D eigenvalue weighted by Gasteiger charge is 2.12. The van der Waals surface area contributed by atoms with Crippen LogP contribution in [-0.2, 0) is 16.1 Å². The SMILES string of the molecule is CCOC(=O)CCCCC[C@@H](NCc1ccc(F)cc1)C(C)C. The van der Waals surface area contributed by atoms with Gasteiger partial charge in [0.05, 0.1) is 6.61 Å². The molecule has 1 N–H and O–H groups in total. The first-order valence-electron chi connectivity index (χ1n) is 8.66. The number of halogens is 1. The lowest BCUT2D eigenvalue weighted by Gasteiger charge is -2.22. The van der Waals surface area contributed by atoms with Gasteiger partial charge in [-0.1, -0.05) is 38.8 Å². The van der Waals surface area contributed by atoms with Crippen LogP contribution in [0.25, 0.3) is 0 Å². The lowest BCUT2D eigenvalue weighted by molar-refractivity contribution is -0.143. The lowest BCUT2D eigenvalue weighted by atomic mass is 9.97. The van der Waals surface area contributed by atoms with Gasteiger partial charge in [-0.3, -0.25) is 4.79 Å². The zero-order valence-corrected chi connectivity index (χ0v) is 14.6. The Bertz CT molecular complexity index is 445. The predicted octanol–water partition coefficient (Wildman–Crippen LogP) is 4.45. The van der Waals surface area contributed by atoms with E-state index in [1.807, 2.05) is 19.1 Å². The predicted molar refractivity (Wildman–Crippen MR) is 91.6 cm³/mol. The second-order valence-electron chi connectivity index (χ2n) is 6.26. The van der Waals surface area contributed by atoms with Gasteiger partial charge in [0.2, 0.25) is 0 Å². The quantitative estimate of drug-likeness (QED) is 0.483. The smallest absolute Gasteiger partial charge is 0.305 e. The topological polar surface area (TPSA) is 38.3 Å². The molecule has 0 aliphatic carbocycles. The van der Waals surface area contributed by atoms with Gasteiger partial charge in [-0.2, -0.15) is 0 Å². The fourth-order valence-electron chi connectivity index (χ4n) is 2.57. The molecule has 0 bridgehead atoms. The molecule has 4 heteroatoms. The van der Waals surface area contributed by atoms with E-state index in [2.05, 4.69) is 19.2 Å². The zero-order valence-electron chi connectivity index (χ0n) is 14.6. The van der Waals surface area contributed by atoms with Crippen LogP contribution >= 0.6 is 0 Å². The van der Waals surface area contributed by atoms with Gasteiger partial charge in [-0.15, -0.1) is 0 Å². The van der Waals surface area contributed by atoms with Crippen LogP contribution in [0.1, 0.15) is 58.4 Å². The Balaban J connectivity index is 2.24. The van der Waals surface area contributed by atoms with Crippen molar-refractivity contribution in [1.82, 2.24) is 5.32 Å². The van der Waals surface area contributed by atoms with Gasteiger partial charge < -0.3 is 10.1 Å². The maximum Gasteiger partial charge on any atom is 0.305 e. The van der Waals surface area contributed by atoms with E-state index < -0.39 is 0 Å². The Labute approximate surface area is 139 Å². The van der Waals surface area contributed by atoms with Crippen LogP contribution in [0.15, 0.2) is 24.3 Å². The van der Waals surface area contributed by atoms with Crippen molar-refractivity contribution in [2.24, 2.45) is 5.92 Å². The maximum absolute atomic E-state index is 12.9. The Morgan fingerprint density at radius 2 is 1.87 bits per heavy atom. The van der Waals surface area contributed by atoms with Gasteiger partial charge in [-0.05, 0) is 43.4 Å². The normalized spacial score (nSPS) is 12.4. The number of carbonyl (C=O) groups is 1. The monoisotopic (exact) mass is 323 g/mol. The van der Waals surface area contributed by atoms with Gasteiger partial charge in [0.15, 0.2) is 0 Å². The molecule has 0 heterocycles. The van der Waals surface area contributed by atoms with Gasteiger partial charge in [0.25, 0.3) is 0 Å². The molecule has 0 radical (unpaired) electrons. The molecule has 0 saturated heterocycles. The third-order valence-corrected chi connectivity index (χ3v) is 3.99. The number of hydrogen-bond acceptors (Lipinski definition) is 3. The van der Waals surface area contributed by atoms with E-state index in [-0.39, 0.29) is 11.8 Å². The molecule has 1 aromatic rings. The van der Waals surface area contributed by atoms with Gasteiger partial charge >= 0.3 is 5.97 Å². The van der Waals surface area contributed by atoms with Crippen LogP contribution in [-0.4, -0.2) is 18.6 Å². The van der Waals surface area contributed by atoms with Crippen molar-refractivity contribution in [2.75, 3.05) is 6.61 Å². The van der Waals surface area contributed by atoms with Crippen LogP contribution in [0.4, 0.5) is 4.39 Å².